The molecule has 2 aliphatic heterocycles. The van der Waals surface area contributed by atoms with Gasteiger partial charge < -0.3 is 19.7 Å². The van der Waals surface area contributed by atoms with E-state index in [1.54, 1.807) is 28.9 Å². The van der Waals surface area contributed by atoms with Crippen molar-refractivity contribution in [1.29, 1.82) is 0 Å². The van der Waals surface area contributed by atoms with Gasteiger partial charge in [0.25, 0.3) is 11.5 Å². The minimum absolute atomic E-state index is 0.0712. The van der Waals surface area contributed by atoms with Gasteiger partial charge in [0.2, 0.25) is 5.95 Å². The Balaban J connectivity index is 1.68. The summed E-state index contributed by atoms with van der Waals surface area (Å²) in [4.78, 5) is 39.3. The molecule has 0 unspecified atom stereocenters. The van der Waals surface area contributed by atoms with Gasteiger partial charge in [-0.15, -0.1) is 0 Å². The van der Waals surface area contributed by atoms with Crippen molar-refractivity contribution >= 4 is 34.1 Å². The minimum Gasteiger partial charge on any atom is -0.354 e. The zero-order valence-corrected chi connectivity index (χ0v) is 17.1. The molecule has 0 aliphatic carbocycles. The number of benzene rings is 1. The first-order valence-corrected chi connectivity index (χ1v) is 10.4. The molecular formula is C22H24N6O2. The summed E-state index contributed by atoms with van der Waals surface area (Å²) in [6.45, 7) is 4.14. The van der Waals surface area contributed by atoms with Crippen molar-refractivity contribution in [3.63, 3.8) is 0 Å². The third-order valence-corrected chi connectivity index (χ3v) is 6.01. The third kappa shape index (κ3) is 2.82. The average molecular weight is 404 g/mol. The second-order valence-electron chi connectivity index (χ2n) is 7.84. The molecule has 1 fully saturated rings. The molecule has 8 nitrogen and oxygen atoms in total. The molecule has 2 aliphatic rings. The number of carbonyl (C=O) groups excluding carboxylic acids is 1. The van der Waals surface area contributed by atoms with Gasteiger partial charge in [0.15, 0.2) is 0 Å². The van der Waals surface area contributed by atoms with E-state index in [0.717, 1.165) is 30.5 Å². The lowest BCUT2D eigenvalue weighted by molar-refractivity contribution is 0.0988. The molecule has 4 heterocycles. The molecule has 1 aromatic carbocycles. The SMILES string of the molecule is CCNc1ncc2c(n1)N1CCC[C@H]1CN(c1cccc3c(=O)n(C)ccc13)C2=O. The fourth-order valence-corrected chi connectivity index (χ4v) is 4.53. The molecule has 1 saturated heterocycles. The predicted molar refractivity (Wildman–Crippen MR) is 117 cm³/mol. The molecule has 0 saturated carbocycles. The van der Waals surface area contributed by atoms with Crippen molar-refractivity contribution in [2.24, 2.45) is 7.05 Å². The maximum absolute atomic E-state index is 13.6. The number of fused-ring (bicyclic) bond motifs is 4. The van der Waals surface area contributed by atoms with Gasteiger partial charge in [-0.2, -0.15) is 4.98 Å². The molecule has 2 aromatic heterocycles. The van der Waals surface area contributed by atoms with Gasteiger partial charge in [-0.3, -0.25) is 9.59 Å². The van der Waals surface area contributed by atoms with Crippen molar-refractivity contribution < 1.29 is 4.79 Å². The summed E-state index contributed by atoms with van der Waals surface area (Å²) in [5.74, 6) is 1.11. The molecule has 1 atom stereocenters. The van der Waals surface area contributed by atoms with Crippen LogP contribution in [0.2, 0.25) is 0 Å². The van der Waals surface area contributed by atoms with Crippen LogP contribution in [0.1, 0.15) is 30.1 Å². The molecule has 0 spiro atoms. The van der Waals surface area contributed by atoms with E-state index in [9.17, 15) is 9.59 Å². The molecule has 30 heavy (non-hydrogen) atoms. The Morgan fingerprint density at radius 2 is 2.07 bits per heavy atom. The fourth-order valence-electron chi connectivity index (χ4n) is 4.53. The summed E-state index contributed by atoms with van der Waals surface area (Å²) in [5, 5.41) is 4.53. The van der Waals surface area contributed by atoms with Crippen LogP contribution in [0.25, 0.3) is 10.8 Å². The normalized spacial score (nSPS) is 18.3. The highest BCUT2D eigenvalue weighted by atomic mass is 16.2. The molecular weight excluding hydrogens is 380 g/mol. The van der Waals surface area contributed by atoms with Crippen LogP contribution in [0.3, 0.4) is 0 Å². The number of carbonyl (C=O) groups is 1. The second-order valence-corrected chi connectivity index (χ2v) is 7.84. The molecule has 8 heteroatoms. The first-order chi connectivity index (χ1) is 14.6. The number of nitrogens with zero attached hydrogens (tertiary/aromatic N) is 5. The lowest BCUT2D eigenvalue weighted by Crippen LogP contribution is -2.40. The number of aryl methyl sites for hydroxylation is 1. The van der Waals surface area contributed by atoms with Crippen LogP contribution in [0, 0.1) is 0 Å². The van der Waals surface area contributed by atoms with E-state index in [1.165, 1.54) is 0 Å². The second kappa shape index (κ2) is 7.12. The Kier molecular flexibility index (Phi) is 4.42. The summed E-state index contributed by atoms with van der Waals surface area (Å²) in [6, 6.07) is 7.65. The average Bonchev–Trinajstić information content (AvgIpc) is 3.18. The summed E-state index contributed by atoms with van der Waals surface area (Å²) in [6.07, 6.45) is 5.43. The first kappa shape index (κ1) is 18.6. The van der Waals surface area contributed by atoms with Crippen molar-refractivity contribution in [2.75, 3.05) is 34.8 Å². The molecule has 0 radical (unpaired) electrons. The van der Waals surface area contributed by atoms with Gasteiger partial charge >= 0.3 is 0 Å². The Morgan fingerprint density at radius 3 is 2.90 bits per heavy atom. The number of aromatic nitrogens is 3. The summed E-state index contributed by atoms with van der Waals surface area (Å²) in [5.41, 5.74) is 1.19. The van der Waals surface area contributed by atoms with E-state index < -0.39 is 0 Å². The Bertz CT molecular complexity index is 1200. The Labute approximate surface area is 174 Å². The van der Waals surface area contributed by atoms with Crippen LogP contribution < -0.4 is 20.7 Å². The van der Waals surface area contributed by atoms with Crippen molar-refractivity contribution in [3.8, 4) is 0 Å². The number of nitrogens with one attached hydrogen (secondary N) is 1. The number of hydrogen-bond acceptors (Lipinski definition) is 6. The molecule has 3 aromatic rings. The zero-order valence-electron chi connectivity index (χ0n) is 17.1. The van der Waals surface area contributed by atoms with E-state index in [2.05, 4.69) is 20.2 Å². The van der Waals surface area contributed by atoms with Gasteiger partial charge in [-0.05, 0) is 38.0 Å². The third-order valence-electron chi connectivity index (χ3n) is 6.01. The van der Waals surface area contributed by atoms with Crippen LogP contribution in [0.5, 0.6) is 0 Å². The zero-order chi connectivity index (χ0) is 20.8. The minimum atomic E-state index is -0.129. The summed E-state index contributed by atoms with van der Waals surface area (Å²) in [7, 11) is 1.73. The Morgan fingerprint density at radius 1 is 1.20 bits per heavy atom. The number of amides is 1. The topological polar surface area (TPSA) is 83.4 Å². The largest absolute Gasteiger partial charge is 0.354 e. The predicted octanol–water partition coefficient (Wildman–Crippen LogP) is 2.39. The number of hydrogen-bond donors (Lipinski definition) is 1. The van der Waals surface area contributed by atoms with E-state index in [4.69, 9.17) is 0 Å². The van der Waals surface area contributed by atoms with Crippen molar-refractivity contribution in [2.45, 2.75) is 25.8 Å². The van der Waals surface area contributed by atoms with Gasteiger partial charge in [-0.25, -0.2) is 4.98 Å². The van der Waals surface area contributed by atoms with Crippen LogP contribution in [0.15, 0.2) is 41.5 Å². The van der Waals surface area contributed by atoms with E-state index in [-0.39, 0.29) is 17.5 Å². The highest BCUT2D eigenvalue weighted by molar-refractivity contribution is 6.13. The maximum atomic E-state index is 13.6. The van der Waals surface area contributed by atoms with E-state index in [0.29, 0.717) is 35.8 Å². The monoisotopic (exact) mass is 404 g/mol. The van der Waals surface area contributed by atoms with Gasteiger partial charge in [0, 0.05) is 55.9 Å². The number of anilines is 3. The van der Waals surface area contributed by atoms with Crippen LogP contribution in [-0.4, -0.2) is 46.1 Å². The lowest BCUT2D eigenvalue weighted by Gasteiger charge is -2.27. The van der Waals surface area contributed by atoms with Crippen LogP contribution >= 0.6 is 0 Å². The van der Waals surface area contributed by atoms with Crippen molar-refractivity contribution in [1.82, 2.24) is 14.5 Å². The summed E-state index contributed by atoms with van der Waals surface area (Å²) >= 11 is 0. The molecule has 154 valence electrons. The molecule has 1 N–H and O–H groups in total. The highest BCUT2D eigenvalue weighted by Crippen LogP contribution is 2.35. The quantitative estimate of drug-likeness (QED) is 0.722. The molecule has 0 bridgehead atoms. The number of rotatable bonds is 3. The first-order valence-electron chi connectivity index (χ1n) is 10.4. The Hall–Kier alpha value is -3.42. The smallest absolute Gasteiger partial charge is 0.263 e. The maximum Gasteiger partial charge on any atom is 0.263 e. The van der Waals surface area contributed by atoms with Crippen molar-refractivity contribution in [3.05, 3.63) is 52.6 Å². The number of pyridine rings is 1. The van der Waals surface area contributed by atoms with E-state index in [1.807, 2.05) is 31.2 Å². The summed E-state index contributed by atoms with van der Waals surface area (Å²) < 4.78 is 1.56. The fraction of sp³-hybridized carbons (Fsp3) is 0.364. The molecule has 1 amide bonds. The lowest BCUT2D eigenvalue weighted by atomic mass is 10.1. The van der Waals surface area contributed by atoms with Crippen LogP contribution in [-0.2, 0) is 7.05 Å². The standard InChI is InChI=1S/C22H24N6O2/c1-3-23-22-24-12-17-19(25-22)27-10-5-6-14(27)13-28(21(17)30)18-8-4-7-16-15(18)9-11-26(2)20(16)29/h4,7-9,11-12,14H,3,5-6,10,13H2,1-2H3,(H,23,24,25)/t14-/m0/s1. The highest BCUT2D eigenvalue weighted by Gasteiger charge is 2.37. The van der Waals surface area contributed by atoms with Gasteiger partial charge in [0.05, 0.1) is 5.69 Å². The van der Waals surface area contributed by atoms with Gasteiger partial charge in [0.1, 0.15) is 11.4 Å². The van der Waals surface area contributed by atoms with Gasteiger partial charge in [-0.1, -0.05) is 6.07 Å². The van der Waals surface area contributed by atoms with E-state index >= 15 is 0 Å². The van der Waals surface area contributed by atoms with Crippen LogP contribution in [0.4, 0.5) is 17.5 Å². The molecule has 5 rings (SSSR count).